The van der Waals surface area contributed by atoms with Gasteiger partial charge in [0.05, 0.1) is 0 Å². The quantitative estimate of drug-likeness (QED) is 0.861. The summed E-state index contributed by atoms with van der Waals surface area (Å²) in [6.45, 7) is 6.82. The maximum absolute atomic E-state index is 3.67. The van der Waals surface area contributed by atoms with Crippen molar-refractivity contribution in [1.82, 2.24) is 10.2 Å². The van der Waals surface area contributed by atoms with Crippen LogP contribution in [0.15, 0.2) is 27.1 Å². The molecule has 1 N–H and O–H groups in total. The molecule has 100 valence electrons. The van der Waals surface area contributed by atoms with Crippen molar-refractivity contribution in [2.24, 2.45) is 0 Å². The number of hydrogen-bond donors (Lipinski definition) is 1. The maximum atomic E-state index is 3.67. The fourth-order valence-electron chi connectivity index (χ4n) is 2.42. The summed E-state index contributed by atoms with van der Waals surface area (Å²) in [5.74, 6) is 0. The highest BCUT2D eigenvalue weighted by molar-refractivity contribution is 9.13. The van der Waals surface area contributed by atoms with E-state index in [2.05, 4.69) is 67.2 Å². The molecule has 0 aliphatic carbocycles. The van der Waals surface area contributed by atoms with Gasteiger partial charge in [-0.25, -0.2) is 0 Å². The lowest BCUT2D eigenvalue weighted by Crippen LogP contribution is -2.45. The predicted octanol–water partition coefficient (Wildman–Crippen LogP) is 3.79. The van der Waals surface area contributed by atoms with E-state index in [0.717, 1.165) is 15.5 Å². The number of nitrogens with one attached hydrogen (secondary N) is 1. The van der Waals surface area contributed by atoms with E-state index in [0.29, 0.717) is 6.04 Å². The molecule has 0 aromatic heterocycles. The smallest absolute Gasteiger partial charge is 0.0320 e. The number of likely N-dealkylation sites (N-methyl/N-ethyl adjacent to an activating group) is 1. The predicted molar refractivity (Wildman–Crippen MR) is 83.8 cm³/mol. The molecule has 1 aliphatic rings. The van der Waals surface area contributed by atoms with Gasteiger partial charge in [-0.2, -0.15) is 0 Å². The summed E-state index contributed by atoms with van der Waals surface area (Å²) < 4.78 is 2.24. The van der Waals surface area contributed by atoms with E-state index in [1.54, 1.807) is 0 Å². The average Bonchev–Trinajstić information content (AvgIpc) is 2.40. The van der Waals surface area contributed by atoms with Crippen LogP contribution in [0.4, 0.5) is 0 Å². The van der Waals surface area contributed by atoms with Crippen molar-refractivity contribution in [2.75, 3.05) is 19.6 Å². The van der Waals surface area contributed by atoms with Crippen LogP contribution in [-0.4, -0.2) is 30.6 Å². The SMILES string of the molecule is CCN1CCCC(NCc2ccc(Br)c(Br)c2)C1. The van der Waals surface area contributed by atoms with Crippen LogP contribution in [0.25, 0.3) is 0 Å². The third kappa shape index (κ3) is 4.05. The van der Waals surface area contributed by atoms with Gasteiger partial charge in [0.1, 0.15) is 0 Å². The molecule has 4 heteroatoms. The molecular formula is C14H20Br2N2. The van der Waals surface area contributed by atoms with Crippen LogP contribution in [0.3, 0.4) is 0 Å². The van der Waals surface area contributed by atoms with E-state index in [9.17, 15) is 0 Å². The molecule has 0 radical (unpaired) electrons. The number of rotatable bonds is 4. The topological polar surface area (TPSA) is 15.3 Å². The first-order valence-corrected chi connectivity index (χ1v) is 8.17. The van der Waals surface area contributed by atoms with Gasteiger partial charge in [0, 0.05) is 28.1 Å². The van der Waals surface area contributed by atoms with E-state index in [1.807, 2.05) is 0 Å². The van der Waals surface area contributed by atoms with Gasteiger partial charge in [-0.3, -0.25) is 0 Å². The molecule has 1 fully saturated rings. The molecule has 0 saturated carbocycles. The van der Waals surface area contributed by atoms with Crippen molar-refractivity contribution in [2.45, 2.75) is 32.4 Å². The van der Waals surface area contributed by atoms with E-state index in [4.69, 9.17) is 0 Å². The Labute approximate surface area is 126 Å². The molecule has 0 spiro atoms. The molecule has 0 amide bonds. The highest BCUT2D eigenvalue weighted by atomic mass is 79.9. The lowest BCUT2D eigenvalue weighted by molar-refractivity contribution is 0.198. The minimum absolute atomic E-state index is 0.640. The van der Waals surface area contributed by atoms with Crippen molar-refractivity contribution < 1.29 is 0 Å². The van der Waals surface area contributed by atoms with Gasteiger partial charge in [0.15, 0.2) is 0 Å². The molecule has 1 aromatic rings. The van der Waals surface area contributed by atoms with Gasteiger partial charge >= 0.3 is 0 Å². The Morgan fingerprint density at radius 2 is 2.17 bits per heavy atom. The van der Waals surface area contributed by atoms with E-state index < -0.39 is 0 Å². The first-order chi connectivity index (χ1) is 8.69. The largest absolute Gasteiger partial charge is 0.309 e. The minimum Gasteiger partial charge on any atom is -0.309 e. The number of nitrogens with zero attached hydrogens (tertiary/aromatic N) is 1. The summed E-state index contributed by atoms with van der Waals surface area (Å²) in [6.07, 6.45) is 2.61. The van der Waals surface area contributed by atoms with Gasteiger partial charge in [0.25, 0.3) is 0 Å². The molecule has 0 bridgehead atoms. The Morgan fingerprint density at radius 1 is 1.33 bits per heavy atom. The van der Waals surface area contributed by atoms with Crippen LogP contribution >= 0.6 is 31.9 Å². The monoisotopic (exact) mass is 374 g/mol. The highest BCUT2D eigenvalue weighted by Crippen LogP contribution is 2.23. The van der Waals surface area contributed by atoms with E-state index >= 15 is 0 Å². The molecule has 1 aromatic carbocycles. The lowest BCUT2D eigenvalue weighted by atomic mass is 10.1. The summed E-state index contributed by atoms with van der Waals surface area (Å²) in [4.78, 5) is 2.53. The maximum Gasteiger partial charge on any atom is 0.0320 e. The zero-order valence-corrected chi connectivity index (χ0v) is 13.9. The Morgan fingerprint density at radius 3 is 2.89 bits per heavy atom. The van der Waals surface area contributed by atoms with Crippen molar-refractivity contribution in [1.29, 1.82) is 0 Å². The Hall–Kier alpha value is 0.1000. The second-order valence-electron chi connectivity index (χ2n) is 4.86. The standard InChI is InChI=1S/C14H20Br2N2/c1-2-18-7-3-4-12(10-18)17-9-11-5-6-13(15)14(16)8-11/h5-6,8,12,17H,2-4,7,9-10H2,1H3. The molecule has 1 unspecified atom stereocenters. The third-order valence-electron chi connectivity index (χ3n) is 3.53. The molecule has 18 heavy (non-hydrogen) atoms. The van der Waals surface area contributed by atoms with Crippen LogP contribution in [0.1, 0.15) is 25.3 Å². The van der Waals surface area contributed by atoms with E-state index in [-0.39, 0.29) is 0 Å². The highest BCUT2D eigenvalue weighted by Gasteiger charge is 2.17. The van der Waals surface area contributed by atoms with Crippen LogP contribution in [0, 0.1) is 0 Å². The molecule has 2 rings (SSSR count). The van der Waals surface area contributed by atoms with Crippen LogP contribution < -0.4 is 5.32 Å². The molecular weight excluding hydrogens is 356 g/mol. The molecule has 1 heterocycles. The van der Waals surface area contributed by atoms with Crippen LogP contribution in [0.2, 0.25) is 0 Å². The number of benzene rings is 1. The fourth-order valence-corrected chi connectivity index (χ4v) is 3.09. The van der Waals surface area contributed by atoms with Crippen molar-refractivity contribution in [3.63, 3.8) is 0 Å². The van der Waals surface area contributed by atoms with Crippen molar-refractivity contribution in [3.05, 3.63) is 32.7 Å². The zero-order chi connectivity index (χ0) is 13.0. The van der Waals surface area contributed by atoms with Gasteiger partial charge in [-0.05, 0) is 75.5 Å². The number of halogens is 2. The summed E-state index contributed by atoms with van der Waals surface area (Å²) in [6, 6.07) is 7.08. The lowest BCUT2D eigenvalue weighted by Gasteiger charge is -2.32. The van der Waals surface area contributed by atoms with Gasteiger partial charge in [0.2, 0.25) is 0 Å². The summed E-state index contributed by atoms with van der Waals surface area (Å²) >= 11 is 7.05. The van der Waals surface area contributed by atoms with Crippen molar-refractivity contribution in [3.8, 4) is 0 Å². The average molecular weight is 376 g/mol. The Kier molecular flexibility index (Phi) is 5.67. The first kappa shape index (κ1) is 14.5. The van der Waals surface area contributed by atoms with Crippen molar-refractivity contribution >= 4 is 31.9 Å². The Bertz CT molecular complexity index is 395. The number of likely N-dealkylation sites (tertiary alicyclic amines) is 1. The second-order valence-corrected chi connectivity index (χ2v) is 6.57. The normalized spacial score (nSPS) is 21.2. The summed E-state index contributed by atoms with van der Waals surface area (Å²) in [7, 11) is 0. The van der Waals surface area contributed by atoms with Gasteiger partial charge in [-0.1, -0.05) is 13.0 Å². The van der Waals surface area contributed by atoms with Gasteiger partial charge < -0.3 is 10.2 Å². The number of hydrogen-bond acceptors (Lipinski definition) is 2. The fraction of sp³-hybridized carbons (Fsp3) is 0.571. The molecule has 1 saturated heterocycles. The van der Waals surface area contributed by atoms with E-state index in [1.165, 1.54) is 38.0 Å². The Balaban J connectivity index is 1.85. The van der Waals surface area contributed by atoms with Crippen LogP contribution in [0.5, 0.6) is 0 Å². The second kappa shape index (κ2) is 7.04. The summed E-state index contributed by atoms with van der Waals surface area (Å²) in [5, 5.41) is 3.67. The molecule has 1 aliphatic heterocycles. The zero-order valence-electron chi connectivity index (χ0n) is 10.8. The van der Waals surface area contributed by atoms with Gasteiger partial charge in [-0.15, -0.1) is 0 Å². The summed E-state index contributed by atoms with van der Waals surface area (Å²) in [5.41, 5.74) is 1.33. The minimum atomic E-state index is 0.640. The number of piperidine rings is 1. The van der Waals surface area contributed by atoms with Crippen LogP contribution in [-0.2, 0) is 6.54 Å². The first-order valence-electron chi connectivity index (χ1n) is 6.58. The molecule has 2 nitrogen and oxygen atoms in total. The molecule has 1 atom stereocenters. The third-order valence-corrected chi connectivity index (χ3v) is 5.41.